The van der Waals surface area contributed by atoms with E-state index < -0.39 is 5.97 Å². The highest BCUT2D eigenvalue weighted by molar-refractivity contribution is 5.99. The van der Waals surface area contributed by atoms with Gasteiger partial charge in [0.1, 0.15) is 5.56 Å². The van der Waals surface area contributed by atoms with E-state index in [9.17, 15) is 4.79 Å². The van der Waals surface area contributed by atoms with E-state index in [4.69, 9.17) is 10.8 Å². The average Bonchev–Trinajstić information content (AvgIpc) is 2.70. The fourth-order valence-corrected chi connectivity index (χ4v) is 1.26. The van der Waals surface area contributed by atoms with Crippen LogP contribution in [0.1, 0.15) is 10.4 Å². The van der Waals surface area contributed by atoms with Gasteiger partial charge in [-0.25, -0.2) is 4.79 Å². The second kappa shape index (κ2) is 2.91. The molecular weight excluding hydrogens is 184 g/mol. The molecule has 0 aliphatic heterocycles. The van der Waals surface area contributed by atoms with Crippen LogP contribution in [-0.2, 0) is 0 Å². The summed E-state index contributed by atoms with van der Waals surface area (Å²) in [6.07, 6.45) is 3.36. The van der Waals surface area contributed by atoms with Gasteiger partial charge in [-0.05, 0) is 6.07 Å². The number of nitrogen functional groups attached to an aromatic ring is 1. The van der Waals surface area contributed by atoms with Crippen LogP contribution in [0.2, 0.25) is 0 Å². The van der Waals surface area contributed by atoms with Gasteiger partial charge in [0.05, 0.1) is 5.69 Å². The number of hydrogen-bond donors (Lipinski definition) is 4. The molecule has 2 aromatic heterocycles. The quantitative estimate of drug-likeness (QED) is 0.561. The van der Waals surface area contributed by atoms with E-state index in [-0.39, 0.29) is 11.4 Å². The van der Waals surface area contributed by atoms with Crippen LogP contribution in [0.25, 0.3) is 11.3 Å². The van der Waals surface area contributed by atoms with Gasteiger partial charge >= 0.3 is 5.97 Å². The summed E-state index contributed by atoms with van der Waals surface area (Å²) < 4.78 is 0. The molecule has 0 atom stereocenters. The van der Waals surface area contributed by atoms with Gasteiger partial charge < -0.3 is 15.8 Å². The first-order chi connectivity index (χ1) is 6.70. The highest BCUT2D eigenvalue weighted by Crippen LogP contribution is 2.24. The van der Waals surface area contributed by atoms with Crippen molar-refractivity contribution in [3.8, 4) is 11.3 Å². The summed E-state index contributed by atoms with van der Waals surface area (Å²) >= 11 is 0. The first-order valence-electron chi connectivity index (χ1n) is 3.90. The van der Waals surface area contributed by atoms with Gasteiger partial charge in [0.25, 0.3) is 0 Å². The van der Waals surface area contributed by atoms with Crippen LogP contribution in [0, 0.1) is 0 Å². The number of hydrogen-bond acceptors (Lipinski definition) is 3. The third kappa shape index (κ3) is 1.13. The summed E-state index contributed by atoms with van der Waals surface area (Å²) in [5.74, 6) is -1.10. The first kappa shape index (κ1) is 8.36. The van der Waals surface area contributed by atoms with E-state index in [0.717, 1.165) is 0 Å². The second-order valence-electron chi connectivity index (χ2n) is 2.76. The Balaban J connectivity index is 2.60. The minimum atomic E-state index is -1.09. The topological polar surface area (TPSA) is 108 Å². The molecule has 0 fully saturated rings. The molecule has 5 N–H and O–H groups in total. The molecule has 6 heteroatoms. The molecule has 6 nitrogen and oxygen atoms in total. The molecule has 0 aromatic carbocycles. The highest BCUT2D eigenvalue weighted by atomic mass is 16.4. The normalized spacial score (nSPS) is 10.3. The van der Waals surface area contributed by atoms with Crippen LogP contribution >= 0.6 is 0 Å². The van der Waals surface area contributed by atoms with Crippen molar-refractivity contribution in [2.24, 2.45) is 0 Å². The molecule has 0 aliphatic rings. The number of nitrogens with zero attached hydrogens (tertiary/aromatic N) is 1. The van der Waals surface area contributed by atoms with Crippen molar-refractivity contribution in [3.05, 3.63) is 24.0 Å². The summed E-state index contributed by atoms with van der Waals surface area (Å²) in [5.41, 5.74) is 6.55. The van der Waals surface area contributed by atoms with Crippen molar-refractivity contribution < 1.29 is 9.90 Å². The molecule has 2 aromatic rings. The lowest BCUT2D eigenvalue weighted by Crippen LogP contribution is -2.01. The number of rotatable bonds is 2. The maximum Gasteiger partial charge on any atom is 0.341 e. The molecule has 72 valence electrons. The monoisotopic (exact) mass is 192 g/mol. The second-order valence-corrected chi connectivity index (χ2v) is 2.76. The standard InChI is InChI=1S/C8H8N4O2/c9-7-5(8(13)14)6(11-12-7)4-1-2-10-3-4/h1-3,10H,(H,13,14)(H3,9,11,12). The Kier molecular flexibility index (Phi) is 1.74. The number of aromatic nitrogens is 3. The summed E-state index contributed by atoms with van der Waals surface area (Å²) in [7, 11) is 0. The minimum Gasteiger partial charge on any atom is -0.477 e. The largest absolute Gasteiger partial charge is 0.477 e. The van der Waals surface area contributed by atoms with E-state index in [1.165, 1.54) is 0 Å². The number of aromatic amines is 2. The fourth-order valence-electron chi connectivity index (χ4n) is 1.26. The molecule has 2 rings (SSSR count). The van der Waals surface area contributed by atoms with Crippen molar-refractivity contribution in [3.63, 3.8) is 0 Å². The number of carbonyl (C=O) groups is 1. The molecule has 0 unspecified atom stereocenters. The predicted octanol–water partition coefficient (Wildman–Crippen LogP) is 0.685. The lowest BCUT2D eigenvalue weighted by atomic mass is 10.1. The lowest BCUT2D eigenvalue weighted by molar-refractivity contribution is 0.0699. The van der Waals surface area contributed by atoms with Gasteiger partial charge in [-0.3, -0.25) is 5.10 Å². The van der Waals surface area contributed by atoms with Crippen molar-refractivity contribution in [1.29, 1.82) is 0 Å². The zero-order chi connectivity index (χ0) is 10.1. The Morgan fingerprint density at radius 2 is 2.36 bits per heavy atom. The molecule has 0 amide bonds. The molecule has 14 heavy (non-hydrogen) atoms. The summed E-state index contributed by atoms with van der Waals surface area (Å²) in [4.78, 5) is 13.7. The van der Waals surface area contributed by atoms with Gasteiger partial charge in [0, 0.05) is 18.0 Å². The Labute approximate surface area is 78.8 Å². The smallest absolute Gasteiger partial charge is 0.341 e. The molecule has 0 aliphatic carbocycles. The van der Waals surface area contributed by atoms with Crippen LogP contribution in [-0.4, -0.2) is 26.3 Å². The predicted molar refractivity (Wildman–Crippen MR) is 49.7 cm³/mol. The molecule has 0 spiro atoms. The fraction of sp³-hybridized carbons (Fsp3) is 0. The van der Waals surface area contributed by atoms with Crippen LogP contribution in [0.5, 0.6) is 0 Å². The minimum absolute atomic E-state index is 0.00426. The molecule has 2 heterocycles. The SMILES string of the molecule is Nc1n[nH]c(-c2cc[nH]c2)c1C(=O)O. The third-order valence-electron chi connectivity index (χ3n) is 1.89. The van der Waals surface area contributed by atoms with Crippen LogP contribution < -0.4 is 5.73 Å². The zero-order valence-corrected chi connectivity index (χ0v) is 7.11. The molecule has 0 bridgehead atoms. The number of anilines is 1. The lowest BCUT2D eigenvalue weighted by Gasteiger charge is -1.95. The van der Waals surface area contributed by atoms with Crippen molar-refractivity contribution in [2.45, 2.75) is 0 Å². The molecular formula is C8H8N4O2. The van der Waals surface area contributed by atoms with Crippen LogP contribution in [0.3, 0.4) is 0 Å². The zero-order valence-electron chi connectivity index (χ0n) is 7.11. The summed E-state index contributed by atoms with van der Waals surface area (Å²) in [6.45, 7) is 0. The summed E-state index contributed by atoms with van der Waals surface area (Å²) in [6, 6.07) is 1.74. The number of aromatic carboxylic acids is 1. The highest BCUT2D eigenvalue weighted by Gasteiger charge is 2.18. The van der Waals surface area contributed by atoms with E-state index in [0.29, 0.717) is 11.3 Å². The Hall–Kier alpha value is -2.24. The van der Waals surface area contributed by atoms with Crippen molar-refractivity contribution in [2.75, 3.05) is 5.73 Å². The molecule has 0 saturated heterocycles. The average molecular weight is 192 g/mol. The summed E-state index contributed by atoms with van der Waals surface area (Å²) in [5, 5.41) is 15.1. The molecule has 0 radical (unpaired) electrons. The van der Waals surface area contributed by atoms with Crippen molar-refractivity contribution in [1.82, 2.24) is 15.2 Å². The van der Waals surface area contributed by atoms with Gasteiger partial charge in [0.15, 0.2) is 5.82 Å². The number of H-pyrrole nitrogens is 2. The Morgan fingerprint density at radius 3 is 2.93 bits per heavy atom. The maximum atomic E-state index is 10.8. The van der Waals surface area contributed by atoms with Crippen LogP contribution in [0.4, 0.5) is 5.82 Å². The molecule has 0 saturated carbocycles. The maximum absolute atomic E-state index is 10.8. The third-order valence-corrected chi connectivity index (χ3v) is 1.89. The van der Waals surface area contributed by atoms with E-state index in [1.807, 2.05) is 0 Å². The number of carboxylic acid groups (broad SMARTS) is 1. The van der Waals surface area contributed by atoms with Gasteiger partial charge in [-0.15, -0.1) is 0 Å². The Bertz CT molecular complexity index is 458. The number of nitrogens with one attached hydrogen (secondary N) is 2. The number of carboxylic acids is 1. The van der Waals surface area contributed by atoms with E-state index in [1.54, 1.807) is 18.5 Å². The first-order valence-corrected chi connectivity index (χ1v) is 3.90. The van der Waals surface area contributed by atoms with Crippen LogP contribution in [0.15, 0.2) is 18.5 Å². The van der Waals surface area contributed by atoms with E-state index >= 15 is 0 Å². The van der Waals surface area contributed by atoms with Gasteiger partial charge in [-0.1, -0.05) is 0 Å². The van der Waals surface area contributed by atoms with E-state index in [2.05, 4.69) is 15.2 Å². The van der Waals surface area contributed by atoms with Gasteiger partial charge in [0.2, 0.25) is 0 Å². The number of nitrogens with two attached hydrogens (primary N) is 1. The van der Waals surface area contributed by atoms with Gasteiger partial charge in [-0.2, -0.15) is 5.10 Å². The Morgan fingerprint density at radius 1 is 1.57 bits per heavy atom. The van der Waals surface area contributed by atoms with Crippen molar-refractivity contribution >= 4 is 11.8 Å².